The van der Waals surface area contributed by atoms with Crippen LogP contribution in [0.15, 0.2) is 54.7 Å². The second-order valence-electron chi connectivity index (χ2n) is 8.00. The van der Waals surface area contributed by atoms with E-state index in [1.54, 1.807) is 34.8 Å². The average molecular weight is 435 g/mol. The van der Waals surface area contributed by atoms with Crippen molar-refractivity contribution >= 4 is 11.9 Å². The molecule has 0 atom stereocenters. The number of amides is 1. The molecule has 1 aromatic heterocycles. The molecule has 2 heterocycles. The molecule has 4 rings (SSSR count). The zero-order valence-electron chi connectivity index (χ0n) is 18.3. The number of halogens is 1. The summed E-state index contributed by atoms with van der Waals surface area (Å²) in [4.78, 5) is 27.3. The van der Waals surface area contributed by atoms with Crippen molar-refractivity contribution in [3.8, 4) is 16.9 Å². The summed E-state index contributed by atoms with van der Waals surface area (Å²) in [6, 6.07) is 13.8. The van der Waals surface area contributed by atoms with Gasteiger partial charge in [-0.1, -0.05) is 29.8 Å². The summed E-state index contributed by atoms with van der Waals surface area (Å²) in [5.41, 5.74) is 3.67. The molecule has 0 N–H and O–H groups in total. The number of ether oxygens (including phenoxy) is 1. The van der Waals surface area contributed by atoms with Gasteiger partial charge in [0.25, 0.3) is 5.91 Å². The summed E-state index contributed by atoms with van der Waals surface area (Å²) in [5.74, 6) is -0.821. The van der Waals surface area contributed by atoms with Crippen LogP contribution in [0.5, 0.6) is 0 Å². The van der Waals surface area contributed by atoms with Crippen molar-refractivity contribution in [2.75, 3.05) is 19.7 Å². The van der Waals surface area contributed by atoms with E-state index in [0.717, 1.165) is 11.1 Å². The highest BCUT2D eigenvalue weighted by molar-refractivity contribution is 6.00. The molecule has 1 aliphatic rings. The highest BCUT2D eigenvalue weighted by atomic mass is 19.1. The summed E-state index contributed by atoms with van der Waals surface area (Å²) in [6.45, 7) is 5.12. The van der Waals surface area contributed by atoms with Gasteiger partial charge in [0.2, 0.25) is 0 Å². The maximum absolute atomic E-state index is 13.5. The zero-order chi connectivity index (χ0) is 22.7. The van der Waals surface area contributed by atoms with Crippen molar-refractivity contribution in [1.82, 2.24) is 14.7 Å². The van der Waals surface area contributed by atoms with Gasteiger partial charge >= 0.3 is 5.97 Å². The number of benzene rings is 2. The molecule has 32 heavy (non-hydrogen) atoms. The maximum Gasteiger partial charge on any atom is 0.309 e. The fourth-order valence-electron chi connectivity index (χ4n) is 3.93. The first-order chi connectivity index (χ1) is 15.5. The number of esters is 1. The number of piperidine rings is 1. The molecule has 0 radical (unpaired) electrons. The van der Waals surface area contributed by atoms with Crippen molar-refractivity contribution in [2.45, 2.75) is 26.7 Å². The lowest BCUT2D eigenvalue weighted by molar-refractivity contribution is -0.149. The monoisotopic (exact) mass is 435 g/mol. The number of nitrogens with zero attached hydrogens (tertiary/aromatic N) is 3. The summed E-state index contributed by atoms with van der Waals surface area (Å²) < 4.78 is 20.1. The Labute approximate surface area is 186 Å². The van der Waals surface area contributed by atoms with Crippen LogP contribution < -0.4 is 0 Å². The molecule has 0 aliphatic carbocycles. The van der Waals surface area contributed by atoms with E-state index in [4.69, 9.17) is 4.74 Å². The molecular formula is C25H26FN3O3. The Morgan fingerprint density at radius 2 is 1.72 bits per heavy atom. The van der Waals surface area contributed by atoms with E-state index in [2.05, 4.69) is 5.10 Å². The predicted molar refractivity (Wildman–Crippen MR) is 119 cm³/mol. The lowest BCUT2D eigenvalue weighted by Gasteiger charge is -2.30. The van der Waals surface area contributed by atoms with Gasteiger partial charge in [-0.25, -0.2) is 9.07 Å². The molecule has 6 nitrogen and oxygen atoms in total. The van der Waals surface area contributed by atoms with Gasteiger partial charge in [-0.2, -0.15) is 5.10 Å². The smallest absolute Gasteiger partial charge is 0.309 e. The summed E-state index contributed by atoms with van der Waals surface area (Å²) in [7, 11) is 0. The van der Waals surface area contributed by atoms with E-state index in [1.165, 1.54) is 12.1 Å². The molecule has 166 valence electrons. The molecule has 2 aromatic carbocycles. The number of hydrogen-bond donors (Lipinski definition) is 0. The van der Waals surface area contributed by atoms with E-state index in [-0.39, 0.29) is 23.6 Å². The van der Waals surface area contributed by atoms with Crippen LogP contribution in [0.1, 0.15) is 35.7 Å². The highest BCUT2D eigenvalue weighted by Gasteiger charge is 2.30. The third kappa shape index (κ3) is 4.56. The van der Waals surface area contributed by atoms with E-state index < -0.39 is 0 Å². The lowest BCUT2D eigenvalue weighted by Crippen LogP contribution is -2.40. The first kappa shape index (κ1) is 21.7. The number of carbonyl (C=O) groups is 2. The van der Waals surface area contributed by atoms with Crippen molar-refractivity contribution in [3.63, 3.8) is 0 Å². The molecule has 0 saturated carbocycles. The van der Waals surface area contributed by atoms with Crippen molar-refractivity contribution in [1.29, 1.82) is 0 Å². The minimum Gasteiger partial charge on any atom is -0.466 e. The van der Waals surface area contributed by atoms with Gasteiger partial charge in [-0.3, -0.25) is 9.59 Å². The Morgan fingerprint density at radius 1 is 1.06 bits per heavy atom. The van der Waals surface area contributed by atoms with Gasteiger partial charge < -0.3 is 9.64 Å². The maximum atomic E-state index is 13.5. The number of hydrogen-bond acceptors (Lipinski definition) is 4. The minimum absolute atomic E-state index is 0.128. The molecule has 1 amide bonds. The van der Waals surface area contributed by atoms with E-state index in [1.807, 2.05) is 31.2 Å². The molecule has 0 unspecified atom stereocenters. The normalized spacial score (nSPS) is 14.4. The molecule has 1 aliphatic heterocycles. The fraction of sp³-hybridized carbons (Fsp3) is 0.320. The molecule has 7 heteroatoms. The zero-order valence-corrected chi connectivity index (χ0v) is 18.3. The van der Waals surface area contributed by atoms with Crippen LogP contribution in [0.2, 0.25) is 0 Å². The number of likely N-dealkylation sites (tertiary alicyclic amines) is 1. The predicted octanol–water partition coefficient (Wildman–Crippen LogP) is 4.40. The third-order valence-electron chi connectivity index (χ3n) is 5.76. The van der Waals surface area contributed by atoms with Crippen LogP contribution in [-0.2, 0) is 9.53 Å². The molecule has 1 saturated heterocycles. The van der Waals surface area contributed by atoms with Crippen molar-refractivity contribution in [3.05, 3.63) is 71.7 Å². The molecule has 3 aromatic rings. The number of aromatic nitrogens is 2. The molecule has 0 bridgehead atoms. The summed E-state index contributed by atoms with van der Waals surface area (Å²) in [5, 5.41) is 4.67. The largest absolute Gasteiger partial charge is 0.466 e. The van der Waals surface area contributed by atoms with Crippen molar-refractivity contribution < 1.29 is 18.7 Å². The summed E-state index contributed by atoms with van der Waals surface area (Å²) in [6.07, 6.45) is 2.86. The Morgan fingerprint density at radius 3 is 2.34 bits per heavy atom. The quantitative estimate of drug-likeness (QED) is 0.557. The van der Waals surface area contributed by atoms with Gasteiger partial charge in [0.1, 0.15) is 11.5 Å². The van der Waals surface area contributed by atoms with Crippen molar-refractivity contribution in [2.24, 2.45) is 5.92 Å². The number of rotatable bonds is 5. The number of carbonyl (C=O) groups excluding carboxylic acids is 2. The second kappa shape index (κ2) is 9.34. The average Bonchev–Trinajstić information content (AvgIpc) is 3.25. The van der Waals surface area contributed by atoms with Crippen LogP contribution in [-0.4, -0.2) is 46.3 Å². The Hall–Kier alpha value is -3.48. The topological polar surface area (TPSA) is 64.4 Å². The van der Waals surface area contributed by atoms with Crippen LogP contribution in [0, 0.1) is 18.7 Å². The molecule has 0 spiro atoms. The third-order valence-corrected chi connectivity index (χ3v) is 5.76. The Bertz CT molecular complexity index is 1100. The van der Waals surface area contributed by atoms with Gasteiger partial charge in [-0.05, 0) is 51.0 Å². The standard InChI is InChI=1S/C25H26FN3O3/c1-3-32-25(31)19-12-14-28(15-13-19)24(30)22-16-29(21-10-8-20(26)9-11-21)27-23(22)18-6-4-17(2)5-7-18/h4-11,16,19H,3,12-15H2,1-2H3. The van der Waals surface area contributed by atoms with Crippen LogP contribution in [0.3, 0.4) is 0 Å². The van der Waals surface area contributed by atoms with Crippen LogP contribution in [0.25, 0.3) is 16.9 Å². The fourth-order valence-corrected chi connectivity index (χ4v) is 3.93. The van der Waals surface area contributed by atoms with Gasteiger partial charge in [-0.15, -0.1) is 0 Å². The summed E-state index contributed by atoms with van der Waals surface area (Å²) >= 11 is 0. The lowest BCUT2D eigenvalue weighted by atomic mass is 9.96. The Balaban J connectivity index is 1.63. The minimum atomic E-state index is -0.333. The van der Waals surface area contributed by atoms with E-state index >= 15 is 0 Å². The second-order valence-corrected chi connectivity index (χ2v) is 8.00. The Kier molecular flexibility index (Phi) is 6.35. The van der Waals surface area contributed by atoms with Gasteiger partial charge in [0.05, 0.1) is 23.8 Å². The first-order valence-corrected chi connectivity index (χ1v) is 10.8. The number of aryl methyl sites for hydroxylation is 1. The highest BCUT2D eigenvalue weighted by Crippen LogP contribution is 2.27. The van der Waals surface area contributed by atoms with Gasteiger partial charge in [0, 0.05) is 24.8 Å². The molecule has 1 fully saturated rings. The van der Waals surface area contributed by atoms with Gasteiger partial charge in [0.15, 0.2) is 0 Å². The van der Waals surface area contributed by atoms with E-state index in [0.29, 0.717) is 49.5 Å². The first-order valence-electron chi connectivity index (χ1n) is 10.8. The van der Waals surface area contributed by atoms with Crippen LogP contribution >= 0.6 is 0 Å². The molecular weight excluding hydrogens is 409 g/mol. The van der Waals surface area contributed by atoms with Crippen LogP contribution in [0.4, 0.5) is 4.39 Å². The van der Waals surface area contributed by atoms with E-state index in [9.17, 15) is 14.0 Å². The SMILES string of the molecule is CCOC(=O)C1CCN(C(=O)c2cn(-c3ccc(F)cc3)nc2-c2ccc(C)cc2)CC1.